The lowest BCUT2D eigenvalue weighted by atomic mass is 10.1. The molecule has 5 heteroatoms. The number of benzene rings is 2. The van der Waals surface area contributed by atoms with E-state index in [1.807, 2.05) is 19.1 Å². The highest BCUT2D eigenvalue weighted by molar-refractivity contribution is 6.33. The van der Waals surface area contributed by atoms with E-state index in [0.717, 1.165) is 5.56 Å². The quantitative estimate of drug-likeness (QED) is 0.329. The summed E-state index contributed by atoms with van der Waals surface area (Å²) in [7, 11) is 1.30. The molecule has 0 bridgehead atoms. The summed E-state index contributed by atoms with van der Waals surface area (Å²) in [6, 6.07) is 15.9. The van der Waals surface area contributed by atoms with Gasteiger partial charge < -0.3 is 9.15 Å². The summed E-state index contributed by atoms with van der Waals surface area (Å²) in [5.41, 5.74) is 2.66. The molecule has 3 aromatic rings. The Morgan fingerprint density at radius 1 is 1.04 bits per heavy atom. The fraction of sp³-hybridized carbons (Fsp3) is 0.0909. The van der Waals surface area contributed by atoms with Crippen molar-refractivity contribution in [3.05, 3.63) is 88.1 Å². The van der Waals surface area contributed by atoms with Gasteiger partial charge in [-0.2, -0.15) is 0 Å². The monoisotopic (exact) mass is 380 g/mol. The molecular weight excluding hydrogens is 364 g/mol. The van der Waals surface area contributed by atoms with Crippen LogP contribution in [-0.2, 0) is 4.74 Å². The van der Waals surface area contributed by atoms with Crippen LogP contribution in [0.2, 0.25) is 5.02 Å². The van der Waals surface area contributed by atoms with Crippen molar-refractivity contribution in [3.63, 3.8) is 0 Å². The lowest BCUT2D eigenvalue weighted by Crippen LogP contribution is -2.02. The standard InChI is InChI=1S/C22H17ClO4/c1-14-3-5-15(6-4-14)20(24)11-8-17-9-12-21(27-17)16-7-10-19(23)18(13-16)22(25)26-2/h3-13H,1-2H3/b11-8+. The molecule has 0 amide bonds. The van der Waals surface area contributed by atoms with Gasteiger partial charge in [0.15, 0.2) is 5.78 Å². The van der Waals surface area contributed by atoms with Gasteiger partial charge in [-0.15, -0.1) is 0 Å². The number of hydrogen-bond acceptors (Lipinski definition) is 4. The third-order valence-electron chi connectivity index (χ3n) is 4.02. The number of ketones is 1. The maximum Gasteiger partial charge on any atom is 0.339 e. The van der Waals surface area contributed by atoms with Gasteiger partial charge in [0.2, 0.25) is 0 Å². The predicted octanol–water partition coefficient (Wildman–Crippen LogP) is 5.59. The summed E-state index contributed by atoms with van der Waals surface area (Å²) in [6.07, 6.45) is 3.08. The Morgan fingerprint density at radius 2 is 1.78 bits per heavy atom. The van der Waals surface area contributed by atoms with Crippen LogP contribution in [0, 0.1) is 6.92 Å². The molecule has 0 aliphatic rings. The lowest BCUT2D eigenvalue weighted by molar-refractivity contribution is 0.0601. The molecule has 0 saturated heterocycles. The zero-order valence-corrected chi connectivity index (χ0v) is 15.6. The van der Waals surface area contributed by atoms with Crippen molar-refractivity contribution in [1.82, 2.24) is 0 Å². The predicted molar refractivity (Wildman–Crippen MR) is 105 cm³/mol. The molecule has 0 fully saturated rings. The summed E-state index contributed by atoms with van der Waals surface area (Å²) >= 11 is 6.03. The molecule has 0 saturated carbocycles. The molecular formula is C22H17ClO4. The van der Waals surface area contributed by atoms with Gasteiger partial charge in [-0.25, -0.2) is 4.79 Å². The first-order valence-corrected chi connectivity index (χ1v) is 8.63. The largest absolute Gasteiger partial charge is 0.465 e. The normalized spacial score (nSPS) is 10.9. The fourth-order valence-electron chi connectivity index (χ4n) is 2.51. The Morgan fingerprint density at radius 3 is 2.48 bits per heavy atom. The van der Waals surface area contributed by atoms with Crippen LogP contribution in [0.1, 0.15) is 32.0 Å². The molecule has 0 N–H and O–H groups in total. The summed E-state index contributed by atoms with van der Waals surface area (Å²) in [4.78, 5) is 24.0. The van der Waals surface area contributed by atoms with Crippen molar-refractivity contribution in [3.8, 4) is 11.3 Å². The topological polar surface area (TPSA) is 56.5 Å². The van der Waals surface area contributed by atoms with Crippen LogP contribution in [-0.4, -0.2) is 18.9 Å². The second-order valence-corrected chi connectivity index (χ2v) is 6.36. The van der Waals surface area contributed by atoms with Gasteiger partial charge in [0, 0.05) is 11.1 Å². The number of aryl methyl sites for hydroxylation is 1. The van der Waals surface area contributed by atoms with Crippen molar-refractivity contribution in [2.45, 2.75) is 6.92 Å². The maximum atomic E-state index is 12.2. The van der Waals surface area contributed by atoms with Crippen LogP contribution in [0.3, 0.4) is 0 Å². The number of carbonyl (C=O) groups excluding carboxylic acids is 2. The van der Waals surface area contributed by atoms with Gasteiger partial charge in [0.05, 0.1) is 17.7 Å². The first kappa shape index (κ1) is 18.7. The summed E-state index contributed by atoms with van der Waals surface area (Å²) < 4.78 is 10.5. The number of allylic oxidation sites excluding steroid dienone is 1. The minimum atomic E-state index is -0.516. The van der Waals surface area contributed by atoms with E-state index in [1.165, 1.54) is 13.2 Å². The number of halogens is 1. The molecule has 0 aliphatic carbocycles. The van der Waals surface area contributed by atoms with Crippen molar-refractivity contribution >= 4 is 29.4 Å². The van der Waals surface area contributed by atoms with Gasteiger partial charge in [0.25, 0.3) is 0 Å². The highest BCUT2D eigenvalue weighted by Gasteiger charge is 2.13. The van der Waals surface area contributed by atoms with Crippen molar-refractivity contribution in [2.75, 3.05) is 7.11 Å². The molecule has 2 aromatic carbocycles. The van der Waals surface area contributed by atoms with E-state index in [1.54, 1.807) is 48.5 Å². The van der Waals surface area contributed by atoms with Gasteiger partial charge >= 0.3 is 5.97 Å². The number of esters is 1. The third kappa shape index (κ3) is 4.36. The van der Waals surface area contributed by atoms with E-state index in [-0.39, 0.29) is 11.3 Å². The molecule has 1 heterocycles. The van der Waals surface area contributed by atoms with Gasteiger partial charge in [-0.1, -0.05) is 41.4 Å². The number of methoxy groups -OCH3 is 1. The fourth-order valence-corrected chi connectivity index (χ4v) is 2.71. The van der Waals surface area contributed by atoms with Crippen LogP contribution in [0.25, 0.3) is 17.4 Å². The van der Waals surface area contributed by atoms with E-state index >= 15 is 0 Å². The van der Waals surface area contributed by atoms with Crippen LogP contribution < -0.4 is 0 Å². The Bertz CT molecular complexity index is 1010. The Labute approximate surface area is 162 Å². The zero-order valence-electron chi connectivity index (χ0n) is 14.9. The average molecular weight is 381 g/mol. The first-order chi connectivity index (χ1) is 13.0. The first-order valence-electron chi connectivity index (χ1n) is 8.25. The Balaban J connectivity index is 1.80. The van der Waals surface area contributed by atoms with E-state index < -0.39 is 5.97 Å². The minimum Gasteiger partial charge on any atom is -0.465 e. The number of ether oxygens (including phenoxy) is 1. The minimum absolute atomic E-state index is 0.104. The van der Waals surface area contributed by atoms with Gasteiger partial charge in [-0.3, -0.25) is 4.79 Å². The van der Waals surface area contributed by atoms with Crippen molar-refractivity contribution < 1.29 is 18.7 Å². The molecule has 0 aliphatic heterocycles. The summed E-state index contributed by atoms with van der Waals surface area (Å²) in [6.45, 7) is 1.97. The second kappa shape index (κ2) is 8.06. The second-order valence-electron chi connectivity index (χ2n) is 5.95. The summed E-state index contributed by atoms with van der Waals surface area (Å²) in [5.74, 6) is 0.462. The molecule has 0 radical (unpaired) electrons. The molecule has 136 valence electrons. The smallest absolute Gasteiger partial charge is 0.339 e. The molecule has 4 nitrogen and oxygen atoms in total. The molecule has 0 atom stereocenters. The van der Waals surface area contributed by atoms with E-state index in [4.69, 9.17) is 20.8 Å². The van der Waals surface area contributed by atoms with Gasteiger partial charge in [0.1, 0.15) is 11.5 Å². The highest BCUT2D eigenvalue weighted by Crippen LogP contribution is 2.27. The lowest BCUT2D eigenvalue weighted by Gasteiger charge is -2.04. The van der Waals surface area contributed by atoms with Crippen LogP contribution in [0.15, 0.2) is 65.1 Å². The number of furan rings is 1. The van der Waals surface area contributed by atoms with E-state index in [0.29, 0.717) is 27.7 Å². The van der Waals surface area contributed by atoms with Crippen LogP contribution in [0.4, 0.5) is 0 Å². The van der Waals surface area contributed by atoms with Crippen molar-refractivity contribution in [1.29, 1.82) is 0 Å². The van der Waals surface area contributed by atoms with E-state index in [9.17, 15) is 9.59 Å². The van der Waals surface area contributed by atoms with Crippen LogP contribution in [0.5, 0.6) is 0 Å². The maximum absolute atomic E-state index is 12.2. The van der Waals surface area contributed by atoms with Gasteiger partial charge in [-0.05, 0) is 49.4 Å². The SMILES string of the molecule is COC(=O)c1cc(-c2ccc(/C=C/C(=O)c3ccc(C)cc3)o2)ccc1Cl. The Hall–Kier alpha value is -3.11. The molecule has 3 rings (SSSR count). The molecule has 0 spiro atoms. The number of carbonyl (C=O) groups is 2. The van der Waals surface area contributed by atoms with Crippen molar-refractivity contribution in [2.24, 2.45) is 0 Å². The summed E-state index contributed by atoms with van der Waals surface area (Å²) in [5, 5.41) is 0.306. The average Bonchev–Trinajstić information content (AvgIpc) is 3.15. The highest BCUT2D eigenvalue weighted by atomic mass is 35.5. The molecule has 27 heavy (non-hydrogen) atoms. The van der Waals surface area contributed by atoms with Crippen LogP contribution >= 0.6 is 11.6 Å². The Kier molecular flexibility index (Phi) is 5.57. The number of rotatable bonds is 5. The zero-order chi connectivity index (χ0) is 19.4. The van der Waals surface area contributed by atoms with E-state index in [2.05, 4.69) is 0 Å². The molecule has 1 aromatic heterocycles. The molecule has 0 unspecified atom stereocenters. The number of hydrogen-bond donors (Lipinski definition) is 0. The third-order valence-corrected chi connectivity index (χ3v) is 4.35.